The molecule has 0 amide bonds. The summed E-state index contributed by atoms with van der Waals surface area (Å²) in [4.78, 5) is 12.2. The summed E-state index contributed by atoms with van der Waals surface area (Å²) in [6.45, 7) is 4.27. The third-order valence-corrected chi connectivity index (χ3v) is 5.20. The second-order valence-electron chi connectivity index (χ2n) is 6.06. The molecule has 1 fully saturated rings. The van der Waals surface area contributed by atoms with Crippen molar-refractivity contribution in [1.82, 2.24) is 19.5 Å². The van der Waals surface area contributed by atoms with Gasteiger partial charge in [-0.25, -0.2) is 15.0 Å². The van der Waals surface area contributed by atoms with Gasteiger partial charge in [-0.1, -0.05) is 13.8 Å². The van der Waals surface area contributed by atoms with Crippen LogP contribution in [0.2, 0.25) is 0 Å². The molecule has 0 aliphatic carbocycles. The lowest BCUT2D eigenvalue weighted by Crippen LogP contribution is -2.32. The van der Waals surface area contributed by atoms with Crippen LogP contribution in [0.5, 0.6) is 0 Å². The van der Waals surface area contributed by atoms with Crippen LogP contribution in [0.25, 0.3) is 11.2 Å². The molecular weight excluding hydrogens is 318 g/mol. The topological polar surface area (TPSA) is 119 Å². The number of nitrogens with zero attached hydrogens (tertiary/aromatic N) is 4. The molecule has 8 nitrogen and oxygen atoms in total. The van der Waals surface area contributed by atoms with E-state index in [1.807, 2.05) is 0 Å². The Labute approximate surface area is 138 Å². The average molecular weight is 339 g/mol. The number of thioether (sulfide) groups is 1. The molecule has 4 atom stereocenters. The molecule has 3 rings (SSSR count). The van der Waals surface area contributed by atoms with Gasteiger partial charge in [-0.05, 0) is 11.7 Å². The van der Waals surface area contributed by atoms with Crippen molar-refractivity contribution in [2.24, 2.45) is 5.92 Å². The van der Waals surface area contributed by atoms with Gasteiger partial charge in [0.05, 0.1) is 12.4 Å². The maximum absolute atomic E-state index is 10.3. The third-order valence-electron chi connectivity index (χ3n) is 3.73. The number of hydrogen-bond acceptors (Lipinski definition) is 8. The molecule has 2 aromatic heterocycles. The summed E-state index contributed by atoms with van der Waals surface area (Å²) in [5.74, 6) is 2.43. The van der Waals surface area contributed by atoms with E-state index in [1.54, 1.807) is 16.3 Å². The van der Waals surface area contributed by atoms with Gasteiger partial charge in [0.1, 0.15) is 24.1 Å². The van der Waals surface area contributed by atoms with E-state index in [1.165, 1.54) is 12.7 Å². The lowest BCUT2D eigenvalue weighted by atomic mass is 10.1. The Morgan fingerprint density at radius 2 is 2.09 bits per heavy atom. The van der Waals surface area contributed by atoms with Crippen molar-refractivity contribution in [3.8, 4) is 0 Å². The van der Waals surface area contributed by atoms with Crippen LogP contribution >= 0.6 is 11.8 Å². The van der Waals surface area contributed by atoms with Gasteiger partial charge < -0.3 is 20.7 Å². The van der Waals surface area contributed by atoms with Gasteiger partial charge in [-0.3, -0.25) is 4.57 Å². The number of nitrogens with two attached hydrogens (primary N) is 1. The van der Waals surface area contributed by atoms with Crippen molar-refractivity contribution in [1.29, 1.82) is 0 Å². The lowest BCUT2D eigenvalue weighted by molar-refractivity contribution is -0.0289. The van der Waals surface area contributed by atoms with E-state index in [4.69, 9.17) is 10.5 Å². The fourth-order valence-corrected chi connectivity index (χ4v) is 3.69. The highest BCUT2D eigenvalue weighted by Gasteiger charge is 2.44. The Bertz CT molecular complexity index is 679. The Morgan fingerprint density at radius 3 is 2.83 bits per heavy atom. The van der Waals surface area contributed by atoms with Crippen LogP contribution in [-0.2, 0) is 4.74 Å². The van der Waals surface area contributed by atoms with E-state index < -0.39 is 24.5 Å². The number of anilines is 1. The molecular formula is C14H21N5O3S. The summed E-state index contributed by atoms with van der Waals surface area (Å²) in [7, 11) is 0. The van der Waals surface area contributed by atoms with E-state index in [2.05, 4.69) is 28.8 Å². The molecule has 1 saturated heterocycles. The quantitative estimate of drug-likeness (QED) is 0.717. The zero-order valence-corrected chi connectivity index (χ0v) is 13.8. The highest BCUT2D eigenvalue weighted by Crippen LogP contribution is 2.33. The monoisotopic (exact) mass is 339 g/mol. The van der Waals surface area contributed by atoms with Crippen molar-refractivity contribution in [3.63, 3.8) is 0 Å². The number of nitrogen functional groups attached to an aromatic ring is 1. The second kappa shape index (κ2) is 6.60. The number of fused-ring (bicyclic) bond motifs is 1. The molecule has 9 heteroatoms. The molecule has 0 saturated carbocycles. The highest BCUT2D eigenvalue weighted by atomic mass is 32.2. The Hall–Kier alpha value is -1.42. The summed E-state index contributed by atoms with van der Waals surface area (Å²) in [5.41, 5.74) is 6.70. The van der Waals surface area contributed by atoms with E-state index in [-0.39, 0.29) is 5.82 Å². The minimum atomic E-state index is -1.05. The maximum atomic E-state index is 10.3. The molecule has 0 spiro atoms. The molecule has 3 heterocycles. The fourth-order valence-electron chi connectivity index (χ4n) is 2.57. The maximum Gasteiger partial charge on any atom is 0.167 e. The van der Waals surface area contributed by atoms with Gasteiger partial charge in [0.25, 0.3) is 0 Å². The van der Waals surface area contributed by atoms with Gasteiger partial charge in [-0.15, -0.1) is 0 Å². The van der Waals surface area contributed by atoms with Gasteiger partial charge in [0.15, 0.2) is 17.7 Å². The van der Waals surface area contributed by atoms with Crippen LogP contribution < -0.4 is 5.73 Å². The molecule has 1 aliphatic heterocycles. The van der Waals surface area contributed by atoms with Crippen LogP contribution in [0.4, 0.5) is 5.82 Å². The Morgan fingerprint density at radius 1 is 1.30 bits per heavy atom. The van der Waals surface area contributed by atoms with E-state index in [0.717, 1.165) is 5.75 Å². The van der Waals surface area contributed by atoms with Crippen LogP contribution in [0.15, 0.2) is 12.7 Å². The van der Waals surface area contributed by atoms with Crippen molar-refractivity contribution in [3.05, 3.63) is 12.7 Å². The minimum Gasteiger partial charge on any atom is -0.387 e. The van der Waals surface area contributed by atoms with Gasteiger partial charge in [0.2, 0.25) is 0 Å². The molecule has 0 aromatic carbocycles. The molecule has 0 radical (unpaired) electrons. The average Bonchev–Trinajstić information content (AvgIpc) is 3.04. The van der Waals surface area contributed by atoms with E-state index in [9.17, 15) is 10.2 Å². The van der Waals surface area contributed by atoms with Crippen molar-refractivity contribution < 1.29 is 14.9 Å². The molecule has 126 valence electrons. The van der Waals surface area contributed by atoms with Crippen LogP contribution in [0, 0.1) is 5.92 Å². The Balaban J connectivity index is 1.78. The van der Waals surface area contributed by atoms with E-state index in [0.29, 0.717) is 22.8 Å². The summed E-state index contributed by atoms with van der Waals surface area (Å²) in [5, 5.41) is 20.6. The number of imidazole rings is 1. The molecule has 2 aromatic rings. The third kappa shape index (κ3) is 3.14. The highest BCUT2D eigenvalue weighted by molar-refractivity contribution is 7.99. The number of ether oxygens (including phenoxy) is 1. The van der Waals surface area contributed by atoms with E-state index >= 15 is 0 Å². The van der Waals surface area contributed by atoms with Crippen LogP contribution in [0.1, 0.15) is 20.1 Å². The number of hydrogen-bond donors (Lipinski definition) is 3. The van der Waals surface area contributed by atoms with Crippen LogP contribution in [-0.4, -0.2) is 59.5 Å². The number of aliphatic hydroxyl groups excluding tert-OH is 2. The smallest absolute Gasteiger partial charge is 0.167 e. The standard InChI is InChI=1S/C14H21N5O3S/c1-7(2)3-23-4-8-10(20)11(21)14(22-8)19-6-18-9-12(15)16-5-17-13(9)19/h5-8,10-11,14,20-21H,3-4H2,1-2H3,(H2,15,16,17)/t8-,10+,11-,14+/m0/s1. The predicted octanol–water partition coefficient (Wildman–Crippen LogP) is 0.417. The zero-order valence-electron chi connectivity index (χ0n) is 13.0. The van der Waals surface area contributed by atoms with Gasteiger partial charge >= 0.3 is 0 Å². The zero-order chi connectivity index (χ0) is 16.6. The number of aromatic nitrogens is 4. The second-order valence-corrected chi connectivity index (χ2v) is 7.14. The summed E-state index contributed by atoms with van der Waals surface area (Å²) in [6.07, 6.45) is -0.336. The molecule has 0 bridgehead atoms. The van der Waals surface area contributed by atoms with Gasteiger partial charge in [-0.2, -0.15) is 11.8 Å². The first kappa shape index (κ1) is 16.4. The van der Waals surface area contributed by atoms with Crippen LogP contribution in [0.3, 0.4) is 0 Å². The molecule has 1 aliphatic rings. The fraction of sp³-hybridized carbons (Fsp3) is 0.643. The molecule has 4 N–H and O–H groups in total. The summed E-state index contributed by atoms with van der Waals surface area (Å²) >= 11 is 1.70. The predicted molar refractivity (Wildman–Crippen MR) is 87.8 cm³/mol. The largest absolute Gasteiger partial charge is 0.387 e. The Kier molecular flexibility index (Phi) is 4.72. The summed E-state index contributed by atoms with van der Waals surface area (Å²) < 4.78 is 7.45. The van der Waals surface area contributed by atoms with Crippen molar-refractivity contribution in [2.45, 2.75) is 38.4 Å². The molecule has 0 unspecified atom stereocenters. The lowest BCUT2D eigenvalue weighted by Gasteiger charge is -2.16. The van der Waals surface area contributed by atoms with Crippen molar-refractivity contribution >= 4 is 28.7 Å². The number of aliphatic hydroxyl groups is 2. The normalized spacial score (nSPS) is 28.0. The minimum absolute atomic E-state index is 0.269. The first-order chi connectivity index (χ1) is 11.0. The van der Waals surface area contributed by atoms with Gasteiger partial charge in [0, 0.05) is 5.75 Å². The SMILES string of the molecule is CC(C)CSC[C@@H]1O[C@@H](n2cnc3c(N)ncnc32)[C@@H](O)[C@@H]1O. The van der Waals surface area contributed by atoms with Crippen molar-refractivity contribution in [2.75, 3.05) is 17.2 Å². The number of rotatable bonds is 5. The summed E-state index contributed by atoms with van der Waals surface area (Å²) in [6, 6.07) is 0. The first-order valence-corrected chi connectivity index (χ1v) is 8.67. The molecule has 23 heavy (non-hydrogen) atoms. The first-order valence-electron chi connectivity index (χ1n) is 7.51.